The molecule has 100 valence electrons. The van der Waals surface area contributed by atoms with E-state index in [1.54, 1.807) is 0 Å². The van der Waals surface area contributed by atoms with Gasteiger partial charge in [0, 0.05) is 11.5 Å². The zero-order chi connectivity index (χ0) is 13.0. The number of aromatic nitrogens is 2. The highest BCUT2D eigenvalue weighted by atomic mass is 35.5. The molecule has 0 saturated heterocycles. The second-order valence-electron chi connectivity index (χ2n) is 5.04. The molecule has 0 radical (unpaired) electrons. The minimum atomic E-state index is 0.436. The molecule has 2 nitrogen and oxygen atoms in total. The Bertz CT molecular complexity index is 376. The summed E-state index contributed by atoms with van der Waals surface area (Å²) in [5.41, 5.74) is 0.868. The molecule has 1 aromatic rings. The minimum absolute atomic E-state index is 0.436. The molecule has 1 aromatic heterocycles. The first-order chi connectivity index (χ1) is 8.72. The van der Waals surface area contributed by atoms with E-state index in [0.29, 0.717) is 16.2 Å². The van der Waals surface area contributed by atoms with Crippen LogP contribution >= 0.6 is 23.2 Å². The lowest BCUT2D eigenvalue weighted by atomic mass is 9.90. The van der Waals surface area contributed by atoms with E-state index in [0.717, 1.165) is 30.7 Å². The molecule has 1 aliphatic carbocycles. The quantitative estimate of drug-likeness (QED) is 0.701. The lowest BCUT2D eigenvalue weighted by molar-refractivity contribution is 0.442. The molecule has 1 saturated carbocycles. The molecule has 0 amide bonds. The Labute approximate surface area is 119 Å². The van der Waals surface area contributed by atoms with Gasteiger partial charge in [0.25, 0.3) is 0 Å². The average Bonchev–Trinajstić information content (AvgIpc) is 2.27. The fraction of sp³-hybridized carbons (Fsp3) is 0.714. The van der Waals surface area contributed by atoms with Crippen LogP contribution < -0.4 is 0 Å². The van der Waals surface area contributed by atoms with Crippen molar-refractivity contribution in [1.29, 1.82) is 0 Å². The predicted octanol–water partition coefficient (Wildman–Crippen LogP) is 5.17. The Morgan fingerprint density at radius 3 is 1.94 bits per heavy atom. The van der Waals surface area contributed by atoms with Crippen molar-refractivity contribution in [2.45, 2.75) is 64.2 Å². The van der Waals surface area contributed by atoms with Crippen LogP contribution in [0.5, 0.6) is 0 Å². The van der Waals surface area contributed by atoms with Crippen molar-refractivity contribution >= 4 is 23.2 Å². The molecule has 0 spiro atoms. The van der Waals surface area contributed by atoms with Crippen LogP contribution in [-0.4, -0.2) is 9.97 Å². The van der Waals surface area contributed by atoms with Crippen LogP contribution in [-0.2, 0) is 6.42 Å². The first kappa shape index (κ1) is 14.1. The largest absolute Gasteiger partial charge is 0.221 e. The van der Waals surface area contributed by atoms with Crippen molar-refractivity contribution < 1.29 is 0 Å². The highest BCUT2D eigenvalue weighted by Crippen LogP contribution is 2.31. The molecule has 1 aliphatic rings. The van der Waals surface area contributed by atoms with Gasteiger partial charge in [0.2, 0.25) is 0 Å². The minimum Gasteiger partial charge on any atom is -0.221 e. The van der Waals surface area contributed by atoms with Gasteiger partial charge in [-0.15, -0.1) is 0 Å². The van der Waals surface area contributed by atoms with Crippen LogP contribution in [0.1, 0.15) is 69.2 Å². The summed E-state index contributed by atoms with van der Waals surface area (Å²) in [6.45, 7) is 2.02. The number of hydrogen-bond donors (Lipinski definition) is 0. The Morgan fingerprint density at radius 2 is 1.44 bits per heavy atom. The van der Waals surface area contributed by atoms with Crippen molar-refractivity contribution in [1.82, 2.24) is 9.97 Å². The second kappa shape index (κ2) is 6.72. The predicted molar refractivity (Wildman–Crippen MR) is 76.5 cm³/mol. The van der Waals surface area contributed by atoms with E-state index in [9.17, 15) is 0 Å². The molecule has 2 rings (SSSR count). The second-order valence-corrected chi connectivity index (χ2v) is 5.75. The third-order valence-corrected chi connectivity index (χ3v) is 4.37. The molecule has 1 fully saturated rings. The van der Waals surface area contributed by atoms with Gasteiger partial charge < -0.3 is 0 Å². The number of hydrogen-bond acceptors (Lipinski definition) is 2. The third-order valence-electron chi connectivity index (χ3n) is 3.75. The zero-order valence-electron chi connectivity index (χ0n) is 10.9. The fourth-order valence-electron chi connectivity index (χ4n) is 2.63. The lowest BCUT2D eigenvalue weighted by Crippen LogP contribution is -2.09. The molecule has 1 heterocycles. The molecule has 0 aromatic carbocycles. The smallest absolute Gasteiger partial charge is 0.137 e. The Kier molecular flexibility index (Phi) is 5.25. The normalized spacial score (nSPS) is 18.4. The average molecular weight is 287 g/mol. The summed E-state index contributed by atoms with van der Waals surface area (Å²) in [5.74, 6) is 1.29. The van der Waals surface area contributed by atoms with E-state index in [-0.39, 0.29) is 0 Å². The van der Waals surface area contributed by atoms with Crippen molar-refractivity contribution in [3.8, 4) is 0 Å². The van der Waals surface area contributed by atoms with Crippen LogP contribution in [0.4, 0.5) is 0 Å². The maximum Gasteiger partial charge on any atom is 0.137 e. The third kappa shape index (κ3) is 3.36. The molecular weight excluding hydrogens is 267 g/mol. The zero-order valence-corrected chi connectivity index (χ0v) is 12.4. The Balaban J connectivity index is 2.21. The van der Waals surface area contributed by atoms with Gasteiger partial charge in [-0.1, -0.05) is 62.2 Å². The summed E-state index contributed by atoms with van der Waals surface area (Å²) in [7, 11) is 0. The van der Waals surface area contributed by atoms with Crippen LogP contribution in [0.3, 0.4) is 0 Å². The van der Waals surface area contributed by atoms with E-state index in [1.807, 2.05) is 6.92 Å². The number of nitrogens with zero attached hydrogens (tertiary/aromatic N) is 2. The number of rotatable bonds is 2. The van der Waals surface area contributed by atoms with E-state index in [2.05, 4.69) is 9.97 Å². The molecular formula is C14H20Cl2N2. The Morgan fingerprint density at radius 1 is 0.944 bits per heavy atom. The molecule has 0 bridgehead atoms. The first-order valence-corrected chi connectivity index (χ1v) is 7.69. The summed E-state index contributed by atoms with van der Waals surface area (Å²) in [4.78, 5) is 8.94. The first-order valence-electron chi connectivity index (χ1n) is 6.94. The molecule has 4 heteroatoms. The summed E-state index contributed by atoms with van der Waals surface area (Å²) >= 11 is 12.4. The van der Waals surface area contributed by atoms with Gasteiger partial charge in [-0.2, -0.15) is 0 Å². The van der Waals surface area contributed by atoms with Gasteiger partial charge in [0.05, 0.1) is 0 Å². The van der Waals surface area contributed by atoms with E-state index in [1.165, 1.54) is 32.1 Å². The molecule has 0 unspecified atom stereocenters. The highest BCUT2D eigenvalue weighted by molar-refractivity contribution is 6.34. The lowest BCUT2D eigenvalue weighted by Gasteiger charge is -2.19. The van der Waals surface area contributed by atoms with Crippen LogP contribution in [0.2, 0.25) is 10.3 Å². The van der Waals surface area contributed by atoms with Crippen LogP contribution in [0.25, 0.3) is 0 Å². The van der Waals surface area contributed by atoms with Gasteiger partial charge >= 0.3 is 0 Å². The molecule has 0 atom stereocenters. The molecule has 0 N–H and O–H groups in total. The highest BCUT2D eigenvalue weighted by Gasteiger charge is 2.19. The van der Waals surface area contributed by atoms with E-state index >= 15 is 0 Å². The van der Waals surface area contributed by atoms with Crippen LogP contribution in [0.15, 0.2) is 0 Å². The van der Waals surface area contributed by atoms with Crippen molar-refractivity contribution in [2.24, 2.45) is 0 Å². The topological polar surface area (TPSA) is 25.8 Å². The maximum absolute atomic E-state index is 6.19. The fourth-order valence-corrected chi connectivity index (χ4v) is 3.30. The molecule has 18 heavy (non-hydrogen) atoms. The maximum atomic E-state index is 6.19. The monoisotopic (exact) mass is 286 g/mol. The van der Waals surface area contributed by atoms with Gasteiger partial charge in [-0.3, -0.25) is 0 Å². The van der Waals surface area contributed by atoms with Crippen molar-refractivity contribution in [2.75, 3.05) is 0 Å². The number of halogens is 2. The standard InChI is InChI=1S/C14H20Cl2N2/c1-2-11-12(15)17-14(18-13(11)16)10-8-6-4-3-5-7-9-10/h10H,2-9H2,1H3. The molecule has 0 aliphatic heterocycles. The summed E-state index contributed by atoms with van der Waals surface area (Å²) in [5, 5.41) is 1.07. The van der Waals surface area contributed by atoms with Gasteiger partial charge in [0.15, 0.2) is 0 Å². The van der Waals surface area contributed by atoms with Crippen molar-refractivity contribution in [3.63, 3.8) is 0 Å². The summed E-state index contributed by atoms with van der Waals surface area (Å²) in [6, 6.07) is 0. The van der Waals surface area contributed by atoms with E-state index < -0.39 is 0 Å². The summed E-state index contributed by atoms with van der Waals surface area (Å²) in [6.07, 6.45) is 9.65. The van der Waals surface area contributed by atoms with Crippen LogP contribution in [0, 0.1) is 0 Å². The Hall–Kier alpha value is -0.340. The van der Waals surface area contributed by atoms with Gasteiger partial charge in [0.1, 0.15) is 16.1 Å². The van der Waals surface area contributed by atoms with Gasteiger partial charge in [-0.25, -0.2) is 9.97 Å². The van der Waals surface area contributed by atoms with Crippen molar-refractivity contribution in [3.05, 3.63) is 21.7 Å². The van der Waals surface area contributed by atoms with E-state index in [4.69, 9.17) is 23.2 Å². The van der Waals surface area contributed by atoms with Gasteiger partial charge in [-0.05, 0) is 19.3 Å². The summed E-state index contributed by atoms with van der Waals surface area (Å²) < 4.78 is 0. The SMILES string of the molecule is CCc1c(Cl)nc(C2CCCCCCC2)nc1Cl.